The summed E-state index contributed by atoms with van der Waals surface area (Å²) in [5, 5.41) is 0. The van der Waals surface area contributed by atoms with Gasteiger partial charge in [-0.3, -0.25) is 0 Å². The van der Waals surface area contributed by atoms with Gasteiger partial charge in [0.25, 0.3) is 5.97 Å². The van der Waals surface area contributed by atoms with E-state index in [0.29, 0.717) is 12.0 Å². The van der Waals surface area contributed by atoms with Crippen LogP contribution >= 0.6 is 0 Å². The highest BCUT2D eigenvalue weighted by Gasteiger charge is 2.59. The summed E-state index contributed by atoms with van der Waals surface area (Å²) in [5.74, 6) is -0.256. The third-order valence-electron chi connectivity index (χ3n) is 5.29. The lowest BCUT2D eigenvalue weighted by molar-refractivity contribution is -0.507. The van der Waals surface area contributed by atoms with Crippen LogP contribution in [0.2, 0.25) is 0 Å². The molecular formula is C15H26O3. The largest absolute Gasteiger partial charge is 0.326 e. The van der Waals surface area contributed by atoms with Crippen LogP contribution in [-0.2, 0) is 14.2 Å². The zero-order chi connectivity index (χ0) is 12.6. The molecule has 1 atom stereocenters. The molecule has 104 valence electrons. The zero-order valence-electron chi connectivity index (χ0n) is 11.7. The summed E-state index contributed by atoms with van der Waals surface area (Å²) in [5.41, 5.74) is 0.102. The summed E-state index contributed by atoms with van der Waals surface area (Å²) >= 11 is 0. The Morgan fingerprint density at radius 1 is 1.00 bits per heavy atom. The summed E-state index contributed by atoms with van der Waals surface area (Å²) in [7, 11) is 0. The van der Waals surface area contributed by atoms with Crippen LogP contribution in [0.15, 0.2) is 0 Å². The van der Waals surface area contributed by atoms with Crippen molar-refractivity contribution in [2.75, 3.05) is 13.2 Å². The van der Waals surface area contributed by atoms with E-state index in [1.165, 1.54) is 32.1 Å². The second kappa shape index (κ2) is 4.77. The van der Waals surface area contributed by atoms with Crippen LogP contribution in [0.3, 0.4) is 0 Å². The predicted molar refractivity (Wildman–Crippen MR) is 69.1 cm³/mol. The van der Waals surface area contributed by atoms with E-state index < -0.39 is 5.97 Å². The quantitative estimate of drug-likeness (QED) is 0.772. The van der Waals surface area contributed by atoms with Gasteiger partial charge in [-0.15, -0.1) is 0 Å². The molecule has 0 spiro atoms. The maximum Gasteiger partial charge on any atom is 0.286 e. The molecule has 3 heterocycles. The fourth-order valence-corrected chi connectivity index (χ4v) is 3.89. The van der Waals surface area contributed by atoms with Crippen molar-refractivity contribution in [3.63, 3.8) is 0 Å². The first-order valence-corrected chi connectivity index (χ1v) is 7.70. The van der Waals surface area contributed by atoms with Crippen molar-refractivity contribution < 1.29 is 14.2 Å². The van der Waals surface area contributed by atoms with Crippen molar-refractivity contribution in [3.05, 3.63) is 0 Å². The number of rotatable bonds is 3. The molecule has 1 saturated carbocycles. The van der Waals surface area contributed by atoms with Gasteiger partial charge in [0.1, 0.15) is 0 Å². The normalized spacial score (nSPS) is 45.3. The highest BCUT2D eigenvalue weighted by molar-refractivity contribution is 4.96. The Bertz CT molecular complexity index is 288. The Kier molecular flexibility index (Phi) is 3.41. The molecule has 3 heteroatoms. The van der Waals surface area contributed by atoms with Crippen LogP contribution in [0.1, 0.15) is 58.8 Å². The van der Waals surface area contributed by atoms with Crippen LogP contribution in [-0.4, -0.2) is 25.3 Å². The average Bonchev–Trinajstić information content (AvgIpc) is 2.49. The van der Waals surface area contributed by atoms with Crippen LogP contribution in [0.5, 0.6) is 0 Å². The van der Waals surface area contributed by atoms with Crippen molar-refractivity contribution >= 4 is 0 Å². The van der Waals surface area contributed by atoms with Gasteiger partial charge in [0.05, 0.1) is 19.3 Å². The molecule has 1 unspecified atom stereocenters. The molecule has 0 N–H and O–H groups in total. The van der Waals surface area contributed by atoms with Gasteiger partial charge in [-0.2, -0.15) is 0 Å². The number of ether oxygens (including phenoxy) is 3. The Balaban J connectivity index is 1.79. The molecule has 2 bridgehead atoms. The molecule has 3 saturated heterocycles. The Labute approximate surface area is 110 Å². The summed E-state index contributed by atoms with van der Waals surface area (Å²) in [4.78, 5) is 0. The van der Waals surface area contributed by atoms with Gasteiger partial charge >= 0.3 is 0 Å². The third kappa shape index (κ3) is 1.83. The molecule has 18 heavy (non-hydrogen) atoms. The van der Waals surface area contributed by atoms with Crippen molar-refractivity contribution in [3.8, 4) is 0 Å². The van der Waals surface area contributed by atoms with Crippen molar-refractivity contribution in [2.45, 2.75) is 70.9 Å². The van der Waals surface area contributed by atoms with E-state index in [2.05, 4.69) is 13.8 Å². The van der Waals surface area contributed by atoms with Gasteiger partial charge in [-0.25, -0.2) is 0 Å². The van der Waals surface area contributed by atoms with Crippen LogP contribution in [0.4, 0.5) is 0 Å². The molecule has 3 nitrogen and oxygen atoms in total. The average molecular weight is 254 g/mol. The molecule has 0 aromatic rings. The molecule has 0 radical (unpaired) electrons. The standard InChI is InChI=1S/C15H26O3/c1-3-13-14(4-2)10-16-15(18-13,17-11-14)12-8-6-5-7-9-12/h12-13H,3-11H2,1-2H3. The van der Waals surface area contributed by atoms with E-state index in [-0.39, 0.29) is 5.41 Å². The first kappa shape index (κ1) is 12.9. The Morgan fingerprint density at radius 2 is 1.67 bits per heavy atom. The summed E-state index contributed by atoms with van der Waals surface area (Å²) < 4.78 is 18.5. The van der Waals surface area contributed by atoms with Crippen LogP contribution in [0, 0.1) is 11.3 Å². The highest BCUT2D eigenvalue weighted by Crippen LogP contribution is 2.51. The lowest BCUT2D eigenvalue weighted by Crippen LogP contribution is -2.66. The van der Waals surface area contributed by atoms with Crippen LogP contribution in [0.25, 0.3) is 0 Å². The lowest BCUT2D eigenvalue weighted by atomic mass is 9.76. The lowest BCUT2D eigenvalue weighted by Gasteiger charge is -2.58. The smallest absolute Gasteiger partial charge is 0.286 e. The molecule has 4 rings (SSSR count). The first-order valence-electron chi connectivity index (χ1n) is 7.70. The van der Waals surface area contributed by atoms with Gasteiger partial charge in [-0.1, -0.05) is 33.1 Å². The fraction of sp³-hybridized carbons (Fsp3) is 1.00. The van der Waals surface area contributed by atoms with Crippen molar-refractivity contribution in [2.24, 2.45) is 11.3 Å². The molecule has 0 amide bonds. The number of fused-ring (bicyclic) bond motifs is 3. The molecule has 0 aromatic carbocycles. The molecule has 4 aliphatic rings. The molecule has 1 aliphatic carbocycles. The highest BCUT2D eigenvalue weighted by atomic mass is 16.9. The minimum Gasteiger partial charge on any atom is -0.326 e. The van der Waals surface area contributed by atoms with E-state index in [9.17, 15) is 0 Å². The summed E-state index contributed by atoms with van der Waals surface area (Å²) in [6.45, 7) is 6.08. The molecule has 4 fully saturated rings. The zero-order valence-corrected chi connectivity index (χ0v) is 11.7. The van der Waals surface area contributed by atoms with Crippen molar-refractivity contribution in [1.82, 2.24) is 0 Å². The van der Waals surface area contributed by atoms with E-state index in [0.717, 1.165) is 26.1 Å². The minimum absolute atomic E-state index is 0.102. The van der Waals surface area contributed by atoms with Gasteiger partial charge in [0, 0.05) is 11.3 Å². The molecule has 3 aliphatic heterocycles. The van der Waals surface area contributed by atoms with Gasteiger partial charge in [0.2, 0.25) is 0 Å². The van der Waals surface area contributed by atoms with Gasteiger partial charge in [0.15, 0.2) is 0 Å². The second-order valence-electron chi connectivity index (χ2n) is 6.25. The van der Waals surface area contributed by atoms with E-state index >= 15 is 0 Å². The predicted octanol–water partition coefficient (Wildman–Crippen LogP) is 3.47. The monoisotopic (exact) mass is 254 g/mol. The summed E-state index contributed by atoms with van der Waals surface area (Å²) in [6.07, 6.45) is 8.76. The maximum absolute atomic E-state index is 6.31. The fourth-order valence-electron chi connectivity index (χ4n) is 3.89. The van der Waals surface area contributed by atoms with Gasteiger partial charge in [-0.05, 0) is 25.7 Å². The SMILES string of the molecule is CCC1OC2(C3CCCCC3)OCC1(CC)CO2. The van der Waals surface area contributed by atoms with E-state index in [4.69, 9.17) is 14.2 Å². The minimum atomic E-state index is -0.696. The molecular weight excluding hydrogens is 228 g/mol. The summed E-state index contributed by atoms with van der Waals surface area (Å²) in [6, 6.07) is 0. The van der Waals surface area contributed by atoms with E-state index in [1.54, 1.807) is 0 Å². The second-order valence-corrected chi connectivity index (χ2v) is 6.25. The topological polar surface area (TPSA) is 27.7 Å². The maximum atomic E-state index is 6.31. The Morgan fingerprint density at radius 3 is 2.22 bits per heavy atom. The first-order chi connectivity index (χ1) is 8.75. The number of hydrogen-bond acceptors (Lipinski definition) is 3. The third-order valence-corrected chi connectivity index (χ3v) is 5.29. The Hall–Kier alpha value is -0.120. The molecule has 0 aromatic heterocycles. The van der Waals surface area contributed by atoms with Crippen LogP contribution < -0.4 is 0 Å². The van der Waals surface area contributed by atoms with Crippen molar-refractivity contribution in [1.29, 1.82) is 0 Å². The van der Waals surface area contributed by atoms with E-state index in [1.807, 2.05) is 0 Å². The number of hydrogen-bond donors (Lipinski definition) is 0. The van der Waals surface area contributed by atoms with Gasteiger partial charge < -0.3 is 14.2 Å².